The molecule has 1 saturated heterocycles. The van der Waals surface area contributed by atoms with Gasteiger partial charge in [0.1, 0.15) is 11.5 Å². The number of hydrogen-bond donors (Lipinski definition) is 3. The first-order chi connectivity index (χ1) is 18.9. The molecule has 0 radical (unpaired) electrons. The Bertz CT molecular complexity index is 1560. The summed E-state index contributed by atoms with van der Waals surface area (Å²) in [7, 11) is 0. The number of fused-ring (bicyclic) bond motifs is 1. The monoisotopic (exact) mass is 544 g/mol. The molecule has 2 atom stereocenters. The molecular weight excluding hydrogens is 515 g/mol. The maximum absolute atomic E-state index is 15.5. The van der Waals surface area contributed by atoms with Gasteiger partial charge >= 0.3 is 0 Å². The lowest BCUT2D eigenvalue weighted by atomic mass is 9.89. The summed E-state index contributed by atoms with van der Waals surface area (Å²) < 4.78 is 17.5. The summed E-state index contributed by atoms with van der Waals surface area (Å²) in [4.78, 5) is 21.9. The fourth-order valence-electron chi connectivity index (χ4n) is 5.56. The predicted octanol–water partition coefficient (Wildman–Crippen LogP) is 5.42. The van der Waals surface area contributed by atoms with Crippen LogP contribution in [0.2, 0.25) is 5.02 Å². The average molecular weight is 545 g/mol. The third kappa shape index (κ3) is 4.99. The molecule has 0 bridgehead atoms. The van der Waals surface area contributed by atoms with Crippen molar-refractivity contribution in [3.8, 4) is 0 Å². The summed E-state index contributed by atoms with van der Waals surface area (Å²) in [6, 6.07) is 13.5. The fraction of sp³-hybridized carbons (Fsp3) is 0.367. The van der Waals surface area contributed by atoms with Gasteiger partial charge in [-0.2, -0.15) is 0 Å². The van der Waals surface area contributed by atoms with E-state index in [-0.39, 0.29) is 24.2 Å². The van der Waals surface area contributed by atoms with Crippen LogP contribution >= 0.6 is 11.6 Å². The molecule has 1 aliphatic heterocycles. The molecule has 4 heterocycles. The van der Waals surface area contributed by atoms with Crippen molar-refractivity contribution in [2.24, 2.45) is 5.92 Å². The number of halogens is 2. The van der Waals surface area contributed by atoms with Crippen molar-refractivity contribution < 1.29 is 9.18 Å². The van der Waals surface area contributed by atoms with Gasteiger partial charge in [-0.3, -0.25) is 4.79 Å². The molecule has 0 unspecified atom stereocenters. The third-order valence-electron chi connectivity index (χ3n) is 8.12. The van der Waals surface area contributed by atoms with Crippen molar-refractivity contribution >= 4 is 34.5 Å². The molecule has 3 aromatic heterocycles. The van der Waals surface area contributed by atoms with Crippen LogP contribution < -0.4 is 16.0 Å². The van der Waals surface area contributed by atoms with E-state index in [2.05, 4.69) is 27.1 Å². The first-order valence-corrected chi connectivity index (χ1v) is 14.0. The molecule has 200 valence electrons. The molecule has 39 heavy (non-hydrogen) atoms. The molecular formula is C30H30ClFN6O. The highest BCUT2D eigenvalue weighted by atomic mass is 35.5. The van der Waals surface area contributed by atoms with Gasteiger partial charge in [0.15, 0.2) is 11.5 Å². The Morgan fingerprint density at radius 3 is 2.77 bits per heavy atom. The topological polar surface area (TPSA) is 83.4 Å². The summed E-state index contributed by atoms with van der Waals surface area (Å²) in [6.07, 6.45) is 8.99. The van der Waals surface area contributed by atoms with E-state index in [9.17, 15) is 4.79 Å². The lowest BCUT2D eigenvalue weighted by Crippen LogP contribution is -2.53. The quantitative estimate of drug-likeness (QED) is 0.247. The van der Waals surface area contributed by atoms with Crippen molar-refractivity contribution in [3.05, 3.63) is 88.5 Å². The van der Waals surface area contributed by atoms with Crippen molar-refractivity contribution in [2.75, 3.05) is 30.3 Å². The number of hydrogen-bond acceptors (Lipinski definition) is 6. The lowest BCUT2D eigenvalue weighted by Gasteiger charge is -2.35. The second kappa shape index (κ2) is 9.61. The molecule has 7 rings (SSSR count). The van der Waals surface area contributed by atoms with E-state index in [1.54, 1.807) is 6.20 Å². The summed E-state index contributed by atoms with van der Waals surface area (Å²) in [5.41, 5.74) is 4.03. The summed E-state index contributed by atoms with van der Waals surface area (Å²) >= 11 is 6.10. The van der Waals surface area contributed by atoms with E-state index >= 15 is 4.39 Å². The highest BCUT2D eigenvalue weighted by Gasteiger charge is 2.43. The van der Waals surface area contributed by atoms with Gasteiger partial charge in [-0.05, 0) is 66.5 Å². The normalized spacial score (nSPS) is 21.4. The Kier molecular flexibility index (Phi) is 6.05. The Morgan fingerprint density at radius 1 is 1.13 bits per heavy atom. The average Bonchev–Trinajstić information content (AvgIpc) is 3.85. The minimum Gasteiger partial charge on any atom is -0.379 e. The number of pyridine rings is 2. The molecule has 9 heteroatoms. The van der Waals surface area contributed by atoms with Crippen molar-refractivity contribution in [1.82, 2.24) is 19.7 Å². The van der Waals surface area contributed by atoms with Crippen LogP contribution in [0.15, 0.2) is 61.1 Å². The third-order valence-corrected chi connectivity index (χ3v) is 8.36. The molecule has 1 aromatic carbocycles. The van der Waals surface area contributed by atoms with Gasteiger partial charge < -0.3 is 20.4 Å². The Morgan fingerprint density at radius 2 is 2.00 bits per heavy atom. The minimum absolute atomic E-state index is 0.0248. The predicted molar refractivity (Wildman–Crippen MR) is 150 cm³/mol. The molecule has 3 N–H and O–H groups in total. The van der Waals surface area contributed by atoms with Crippen molar-refractivity contribution in [3.63, 3.8) is 0 Å². The van der Waals surface area contributed by atoms with Crippen LogP contribution in [0.4, 0.5) is 15.9 Å². The lowest BCUT2D eigenvalue weighted by molar-refractivity contribution is -0.118. The van der Waals surface area contributed by atoms with Crippen molar-refractivity contribution in [1.29, 1.82) is 0 Å². The maximum Gasteiger partial charge on any atom is 0.164 e. The molecule has 3 fully saturated rings. The molecule has 2 saturated carbocycles. The van der Waals surface area contributed by atoms with Gasteiger partial charge in [0.05, 0.1) is 18.8 Å². The van der Waals surface area contributed by atoms with Crippen LogP contribution in [0.25, 0.3) is 5.65 Å². The number of rotatable bonds is 10. The summed E-state index contributed by atoms with van der Waals surface area (Å²) in [6.45, 7) is 1.38. The Labute approximate surface area is 231 Å². The van der Waals surface area contributed by atoms with Crippen LogP contribution in [-0.2, 0) is 17.0 Å². The van der Waals surface area contributed by atoms with Gasteiger partial charge in [0.25, 0.3) is 0 Å². The van der Waals surface area contributed by atoms with Gasteiger partial charge in [-0.15, -0.1) is 0 Å². The second-order valence-electron chi connectivity index (χ2n) is 11.1. The molecule has 3 aliphatic rings. The SMILES string of the molecule is O=C(CNc1cc(NCc2cn3cc(C4CC4)cc(C4(F)CNC4)c3n2)ccn1)[C@H]1C[C@@H]1c1cccc(Cl)c1. The molecule has 0 amide bonds. The van der Waals surface area contributed by atoms with E-state index in [4.69, 9.17) is 16.6 Å². The largest absolute Gasteiger partial charge is 0.379 e. The number of alkyl halides is 1. The Hall–Kier alpha value is -3.49. The summed E-state index contributed by atoms with van der Waals surface area (Å²) in [5.74, 6) is 1.62. The van der Waals surface area contributed by atoms with E-state index in [0.29, 0.717) is 47.6 Å². The zero-order valence-corrected chi connectivity index (χ0v) is 22.2. The number of benzene rings is 1. The first-order valence-electron chi connectivity index (χ1n) is 13.6. The zero-order chi connectivity index (χ0) is 26.6. The highest BCUT2D eigenvalue weighted by molar-refractivity contribution is 6.30. The first kappa shape index (κ1) is 24.5. The molecule has 0 spiro atoms. The molecule has 7 nitrogen and oxygen atoms in total. The van der Waals surface area contributed by atoms with E-state index < -0.39 is 5.67 Å². The van der Waals surface area contributed by atoms with Crippen LogP contribution in [0.1, 0.15) is 53.5 Å². The number of nitrogens with one attached hydrogen (secondary N) is 3. The van der Waals surface area contributed by atoms with Gasteiger partial charge in [0, 0.05) is 59.9 Å². The van der Waals surface area contributed by atoms with E-state index in [0.717, 1.165) is 23.4 Å². The van der Waals surface area contributed by atoms with Crippen LogP contribution in [0.3, 0.4) is 0 Å². The van der Waals surface area contributed by atoms with Gasteiger partial charge in [0.2, 0.25) is 0 Å². The summed E-state index contributed by atoms with van der Waals surface area (Å²) in [5, 5.41) is 10.3. The zero-order valence-electron chi connectivity index (χ0n) is 21.5. The minimum atomic E-state index is -1.36. The number of aromatic nitrogens is 3. The number of imidazole rings is 1. The second-order valence-corrected chi connectivity index (χ2v) is 11.5. The van der Waals surface area contributed by atoms with Crippen molar-refractivity contribution in [2.45, 2.75) is 43.3 Å². The number of carbonyl (C=O) groups excluding carboxylic acids is 1. The van der Waals surface area contributed by atoms with Gasteiger partial charge in [-0.1, -0.05) is 23.7 Å². The molecule has 2 aliphatic carbocycles. The van der Waals surface area contributed by atoms with E-state index in [1.807, 2.05) is 53.1 Å². The standard InChI is InChI=1S/C30H30ClFN6O/c31-21-3-1-2-19(8-21)24-11-25(24)27(39)13-36-28-10-22(6-7-34-28)35-12-23-15-38-14-20(18-4-5-18)9-26(29(38)37-23)30(32)16-33-17-30/h1-3,6-10,14-15,18,24-25,33H,4-5,11-13,16-17H2,(H2,34,35,36)/t24-,25+/m1/s1. The number of ketones is 1. The number of nitrogens with zero attached hydrogens (tertiary/aromatic N) is 3. The number of Topliss-reactive ketones (excluding diaryl/α,β-unsaturated/α-hetero) is 1. The smallest absolute Gasteiger partial charge is 0.164 e. The molecule has 4 aromatic rings. The van der Waals surface area contributed by atoms with Crippen LogP contribution in [0, 0.1) is 5.92 Å². The van der Waals surface area contributed by atoms with Crippen LogP contribution in [0.5, 0.6) is 0 Å². The fourth-order valence-corrected chi connectivity index (χ4v) is 5.75. The highest BCUT2D eigenvalue weighted by Crippen LogP contribution is 2.48. The Balaban J connectivity index is 0.993. The van der Waals surface area contributed by atoms with Gasteiger partial charge in [-0.25, -0.2) is 14.4 Å². The number of anilines is 2. The number of carbonyl (C=O) groups is 1. The maximum atomic E-state index is 15.5. The van der Waals surface area contributed by atoms with Crippen LogP contribution in [-0.4, -0.2) is 39.8 Å². The van der Waals surface area contributed by atoms with E-state index in [1.165, 1.54) is 18.4 Å².